The summed E-state index contributed by atoms with van der Waals surface area (Å²) in [6, 6.07) is 11.6. The molecule has 2 aromatic carbocycles. The summed E-state index contributed by atoms with van der Waals surface area (Å²) in [4.78, 5) is 0. The molecule has 0 bridgehead atoms. The van der Waals surface area contributed by atoms with Crippen LogP contribution in [0.3, 0.4) is 0 Å². The minimum atomic E-state index is -0.417. The molecule has 192 valence electrons. The van der Waals surface area contributed by atoms with E-state index in [1.165, 1.54) is 12.8 Å². The molecule has 0 heterocycles. The van der Waals surface area contributed by atoms with Crippen molar-refractivity contribution >= 4 is 0 Å². The van der Waals surface area contributed by atoms with Gasteiger partial charge < -0.3 is 31.1 Å². The molecule has 1 aliphatic carbocycles. The van der Waals surface area contributed by atoms with E-state index in [0.717, 1.165) is 35.1 Å². The summed E-state index contributed by atoms with van der Waals surface area (Å²) in [5.74, 6) is 0.193. The summed E-state index contributed by atoms with van der Waals surface area (Å²) in [6.45, 7) is 11.7. The van der Waals surface area contributed by atoms with Crippen LogP contribution < -0.4 is 31.1 Å². The molecule has 1 aliphatic rings. The second kappa shape index (κ2) is 17.9. The number of aryl methyl sites for hydroxylation is 2. The van der Waals surface area contributed by atoms with E-state index in [2.05, 4.69) is 10.6 Å². The van der Waals surface area contributed by atoms with Gasteiger partial charge >= 0.3 is 21.7 Å². The van der Waals surface area contributed by atoms with Gasteiger partial charge in [0, 0.05) is 25.2 Å². The van der Waals surface area contributed by atoms with Gasteiger partial charge in [-0.2, -0.15) is 0 Å². The normalized spacial score (nSPS) is 17.1. The van der Waals surface area contributed by atoms with Crippen molar-refractivity contribution in [2.45, 2.75) is 105 Å². The summed E-state index contributed by atoms with van der Waals surface area (Å²) < 4.78 is 0. The summed E-state index contributed by atoms with van der Waals surface area (Å²) in [5.41, 5.74) is 3.88. The molecular weight excluding hydrogens is 476 g/mol. The average Bonchev–Trinajstić information content (AvgIpc) is 2.75. The van der Waals surface area contributed by atoms with Crippen LogP contribution in [-0.2, 0) is 34.8 Å². The van der Waals surface area contributed by atoms with Gasteiger partial charge in [0.1, 0.15) is 0 Å². The Labute approximate surface area is 227 Å². The van der Waals surface area contributed by atoms with Gasteiger partial charge in [0.05, 0.1) is 0 Å². The molecule has 0 unspecified atom stereocenters. The standard InChI is InChI=1S/C22H30N2O2.2C3H7O.Ti/c1-15-7-9-21(25)17(11-15)13-23-19-5-3-4-6-20(19)24-14-18-12-16(2)8-10-22(18)26;2*1-3(2)4;/h7-12,19-20,23-26H,3-6,13-14H2,1-2H3;2*3H,1-2H3;/q;2*-1;+4/p-2/t19-,20-;;;/m1.../s1. The Morgan fingerprint density at radius 2 is 1.03 bits per heavy atom. The Bertz CT molecular complexity index is 771. The Balaban J connectivity index is 0.00000112. The number of benzene rings is 2. The molecule has 2 atom stereocenters. The first kappa shape index (κ1) is 33.6. The first-order valence-electron chi connectivity index (χ1n) is 12.3. The third-order valence-corrected chi connectivity index (χ3v) is 5.31. The first-order chi connectivity index (χ1) is 16.0. The molecular formula is C28H42N2O4Ti. The minimum absolute atomic E-state index is 0. The smallest absolute Gasteiger partial charge is 0.872 e. The van der Waals surface area contributed by atoms with Crippen LogP contribution in [0.1, 0.15) is 75.6 Å². The van der Waals surface area contributed by atoms with E-state index >= 15 is 0 Å². The molecule has 0 aliphatic heterocycles. The van der Waals surface area contributed by atoms with E-state index in [-0.39, 0.29) is 33.2 Å². The summed E-state index contributed by atoms with van der Waals surface area (Å²) in [7, 11) is 0. The van der Waals surface area contributed by atoms with Crippen molar-refractivity contribution in [2.24, 2.45) is 0 Å². The van der Waals surface area contributed by atoms with E-state index in [1.54, 1.807) is 39.8 Å². The van der Waals surface area contributed by atoms with E-state index in [9.17, 15) is 20.4 Å². The van der Waals surface area contributed by atoms with Crippen molar-refractivity contribution in [3.63, 3.8) is 0 Å². The van der Waals surface area contributed by atoms with Crippen molar-refractivity contribution in [3.05, 3.63) is 58.7 Å². The van der Waals surface area contributed by atoms with Gasteiger partial charge in [-0.05, 0) is 37.8 Å². The maximum Gasteiger partial charge on any atom is 4.00 e. The minimum Gasteiger partial charge on any atom is -0.872 e. The van der Waals surface area contributed by atoms with Gasteiger partial charge in [0.15, 0.2) is 0 Å². The fourth-order valence-corrected chi connectivity index (χ4v) is 3.79. The number of hydrogen-bond donors (Lipinski definition) is 2. The fraction of sp³-hybridized carbons (Fsp3) is 0.571. The molecule has 0 spiro atoms. The first-order valence-corrected chi connectivity index (χ1v) is 12.3. The Kier molecular flexibility index (Phi) is 17.2. The van der Waals surface area contributed by atoms with Gasteiger partial charge in [-0.1, -0.05) is 88.1 Å². The molecule has 7 heteroatoms. The van der Waals surface area contributed by atoms with Crippen LogP contribution >= 0.6 is 0 Å². The van der Waals surface area contributed by atoms with Crippen LogP contribution in [0.4, 0.5) is 0 Å². The van der Waals surface area contributed by atoms with Crippen molar-refractivity contribution in [1.82, 2.24) is 10.6 Å². The van der Waals surface area contributed by atoms with Crippen LogP contribution in [0.15, 0.2) is 36.4 Å². The maximum absolute atomic E-state index is 12.0. The Hall–Kier alpha value is -1.41. The maximum atomic E-state index is 12.0. The molecule has 0 radical (unpaired) electrons. The van der Waals surface area contributed by atoms with E-state index in [0.29, 0.717) is 25.2 Å². The van der Waals surface area contributed by atoms with Gasteiger partial charge in [-0.25, -0.2) is 0 Å². The zero-order valence-corrected chi connectivity index (χ0v) is 23.7. The summed E-state index contributed by atoms with van der Waals surface area (Å²) in [6.07, 6.45) is 3.75. The predicted octanol–water partition coefficient (Wildman–Crippen LogP) is 2.15. The van der Waals surface area contributed by atoms with Crippen LogP contribution in [-0.4, -0.2) is 24.3 Å². The molecule has 1 saturated carbocycles. The van der Waals surface area contributed by atoms with Crippen LogP contribution in [0, 0.1) is 13.8 Å². The third kappa shape index (κ3) is 14.7. The zero-order chi connectivity index (χ0) is 25.7. The van der Waals surface area contributed by atoms with Gasteiger partial charge in [-0.3, -0.25) is 0 Å². The fourth-order valence-electron chi connectivity index (χ4n) is 3.79. The zero-order valence-electron chi connectivity index (χ0n) is 22.1. The van der Waals surface area contributed by atoms with E-state index < -0.39 is 12.2 Å². The molecule has 6 nitrogen and oxygen atoms in total. The van der Waals surface area contributed by atoms with Gasteiger partial charge in [-0.15, -0.1) is 23.7 Å². The molecule has 2 N–H and O–H groups in total. The van der Waals surface area contributed by atoms with Gasteiger partial charge in [0.25, 0.3) is 0 Å². The van der Waals surface area contributed by atoms with Gasteiger partial charge in [0.2, 0.25) is 0 Å². The molecule has 1 fully saturated rings. The Morgan fingerprint density at radius 3 is 1.34 bits per heavy atom. The average molecular weight is 519 g/mol. The monoisotopic (exact) mass is 518 g/mol. The van der Waals surface area contributed by atoms with E-state index in [4.69, 9.17) is 0 Å². The predicted molar refractivity (Wildman–Crippen MR) is 131 cm³/mol. The Morgan fingerprint density at radius 1 is 0.714 bits per heavy atom. The van der Waals surface area contributed by atoms with Crippen molar-refractivity contribution < 1.29 is 42.1 Å². The van der Waals surface area contributed by atoms with Crippen molar-refractivity contribution in [2.75, 3.05) is 0 Å². The van der Waals surface area contributed by atoms with E-state index in [1.807, 2.05) is 38.1 Å². The topological polar surface area (TPSA) is 116 Å². The van der Waals surface area contributed by atoms with Crippen LogP contribution in [0.5, 0.6) is 11.5 Å². The second-order valence-electron chi connectivity index (χ2n) is 9.58. The molecule has 0 saturated heterocycles. The largest absolute Gasteiger partial charge is 4.00 e. The quantitative estimate of drug-likeness (QED) is 0.567. The molecule has 2 aromatic rings. The van der Waals surface area contributed by atoms with Crippen molar-refractivity contribution in [3.8, 4) is 11.5 Å². The SMILES string of the molecule is CC(C)[O-].CC(C)[O-].Cc1ccc([O-])c(CN[C@@H]2CCCC[C@H]2NCc2cc(C)ccc2[O-])c1.[Ti+4]. The second-order valence-corrected chi connectivity index (χ2v) is 9.58. The number of hydrogen-bond acceptors (Lipinski definition) is 6. The molecule has 3 rings (SSSR count). The third-order valence-electron chi connectivity index (χ3n) is 5.31. The molecule has 0 aromatic heterocycles. The molecule has 35 heavy (non-hydrogen) atoms. The molecule has 0 amide bonds. The van der Waals surface area contributed by atoms with Crippen LogP contribution in [0.2, 0.25) is 0 Å². The summed E-state index contributed by atoms with van der Waals surface area (Å²) in [5, 5.41) is 50.2. The van der Waals surface area contributed by atoms with Crippen molar-refractivity contribution in [1.29, 1.82) is 0 Å². The summed E-state index contributed by atoms with van der Waals surface area (Å²) >= 11 is 0. The number of rotatable bonds is 6. The number of nitrogens with one attached hydrogen (secondary N) is 2. The van der Waals surface area contributed by atoms with Crippen LogP contribution in [0.25, 0.3) is 0 Å².